The zero-order valence-corrected chi connectivity index (χ0v) is 15.2. The molecule has 2 heterocycles. The predicted molar refractivity (Wildman–Crippen MR) is 96.0 cm³/mol. The molecule has 25 heavy (non-hydrogen) atoms. The molecular formula is C16H18Cl2N6O. The van der Waals surface area contributed by atoms with Gasteiger partial charge in [0, 0.05) is 0 Å². The van der Waals surface area contributed by atoms with Crippen molar-refractivity contribution in [3.8, 4) is 17.3 Å². The molecule has 0 aliphatic heterocycles. The molecule has 1 fully saturated rings. The number of hydrogen-bond acceptors (Lipinski definition) is 6. The Kier molecular flexibility index (Phi) is 4.81. The first-order valence-electron chi connectivity index (χ1n) is 7.89. The van der Waals surface area contributed by atoms with Crippen molar-refractivity contribution >= 4 is 24.0 Å². The highest BCUT2D eigenvalue weighted by molar-refractivity contribution is 6.32. The Labute approximate surface area is 156 Å². The Morgan fingerprint density at radius 2 is 1.96 bits per heavy atom. The molecule has 7 nitrogen and oxygen atoms in total. The van der Waals surface area contributed by atoms with Gasteiger partial charge in [-0.25, -0.2) is 4.68 Å². The second-order valence-electron chi connectivity index (χ2n) is 6.17. The molecule has 0 saturated heterocycles. The fraction of sp³-hybridized carbons (Fsp3) is 0.375. The molecule has 2 N–H and O–H groups in total. The summed E-state index contributed by atoms with van der Waals surface area (Å²) in [5.74, 6) is 0.874. The van der Waals surface area contributed by atoms with E-state index in [9.17, 15) is 0 Å². The summed E-state index contributed by atoms with van der Waals surface area (Å²) < 4.78 is 7.06. The Bertz CT molecular complexity index is 884. The van der Waals surface area contributed by atoms with Crippen LogP contribution in [0, 0.1) is 6.92 Å². The number of halogens is 2. The van der Waals surface area contributed by atoms with Gasteiger partial charge in [0.25, 0.3) is 5.89 Å². The summed E-state index contributed by atoms with van der Waals surface area (Å²) in [4.78, 5) is 4.47. The minimum absolute atomic E-state index is 0. The van der Waals surface area contributed by atoms with Gasteiger partial charge in [-0.15, -0.1) is 17.5 Å². The van der Waals surface area contributed by atoms with Crippen molar-refractivity contribution in [2.24, 2.45) is 5.73 Å². The van der Waals surface area contributed by atoms with Crippen molar-refractivity contribution in [3.05, 3.63) is 40.8 Å². The summed E-state index contributed by atoms with van der Waals surface area (Å²) in [6.45, 7) is 1.89. The first-order chi connectivity index (χ1) is 11.6. The molecule has 1 aliphatic rings. The number of rotatable bonds is 3. The molecule has 0 spiro atoms. The lowest BCUT2D eigenvalue weighted by Gasteiger charge is -2.17. The maximum Gasteiger partial charge on any atom is 0.280 e. The van der Waals surface area contributed by atoms with Crippen LogP contribution in [0.1, 0.15) is 37.2 Å². The minimum Gasteiger partial charge on any atom is -0.332 e. The van der Waals surface area contributed by atoms with E-state index in [2.05, 4.69) is 20.5 Å². The van der Waals surface area contributed by atoms with Crippen LogP contribution in [0.25, 0.3) is 17.3 Å². The third-order valence-electron chi connectivity index (χ3n) is 4.54. The summed E-state index contributed by atoms with van der Waals surface area (Å²) in [7, 11) is 0. The Balaban J connectivity index is 0.00000182. The molecule has 1 aliphatic carbocycles. The summed E-state index contributed by atoms with van der Waals surface area (Å²) in [5, 5.41) is 13.0. The van der Waals surface area contributed by atoms with Crippen LogP contribution in [-0.4, -0.2) is 25.1 Å². The third-order valence-corrected chi connectivity index (χ3v) is 4.86. The zero-order valence-electron chi connectivity index (χ0n) is 13.6. The number of aromatic nitrogens is 5. The van der Waals surface area contributed by atoms with Gasteiger partial charge in [-0.05, 0) is 31.9 Å². The molecule has 9 heteroatoms. The van der Waals surface area contributed by atoms with E-state index in [1.807, 2.05) is 25.1 Å². The Morgan fingerprint density at radius 1 is 1.24 bits per heavy atom. The van der Waals surface area contributed by atoms with Gasteiger partial charge < -0.3 is 10.3 Å². The van der Waals surface area contributed by atoms with Crippen molar-refractivity contribution < 1.29 is 4.52 Å². The molecule has 4 rings (SSSR count). The second-order valence-corrected chi connectivity index (χ2v) is 6.58. The van der Waals surface area contributed by atoms with E-state index in [-0.39, 0.29) is 12.4 Å². The predicted octanol–water partition coefficient (Wildman–Crippen LogP) is 3.43. The lowest BCUT2D eigenvalue weighted by Crippen LogP contribution is -2.34. The summed E-state index contributed by atoms with van der Waals surface area (Å²) in [6, 6.07) is 7.44. The molecule has 132 valence electrons. The summed E-state index contributed by atoms with van der Waals surface area (Å²) >= 11 is 6.24. The molecule has 1 saturated carbocycles. The SMILES string of the molecule is Cc1c(-c2nc(C3(N)CCCC3)no2)nnn1-c1ccccc1Cl.Cl. The number of nitrogens with two attached hydrogens (primary N) is 1. The van der Waals surface area contributed by atoms with Gasteiger partial charge >= 0.3 is 0 Å². The fourth-order valence-electron chi connectivity index (χ4n) is 3.13. The van der Waals surface area contributed by atoms with Crippen LogP contribution in [0.15, 0.2) is 28.8 Å². The van der Waals surface area contributed by atoms with Crippen LogP contribution >= 0.6 is 24.0 Å². The maximum atomic E-state index is 6.38. The quantitative estimate of drug-likeness (QED) is 0.747. The summed E-state index contributed by atoms with van der Waals surface area (Å²) in [5.41, 5.74) is 7.95. The van der Waals surface area contributed by atoms with Crippen LogP contribution in [0.5, 0.6) is 0 Å². The topological polar surface area (TPSA) is 95.7 Å². The molecule has 1 aromatic carbocycles. The molecule has 0 radical (unpaired) electrons. The van der Waals surface area contributed by atoms with E-state index in [0.717, 1.165) is 37.1 Å². The van der Waals surface area contributed by atoms with E-state index in [1.165, 1.54) is 0 Å². The molecule has 2 aromatic heterocycles. The average Bonchev–Trinajstić information content (AvgIpc) is 3.28. The van der Waals surface area contributed by atoms with Crippen molar-refractivity contribution in [2.45, 2.75) is 38.1 Å². The number of nitrogens with zero attached hydrogens (tertiary/aromatic N) is 5. The van der Waals surface area contributed by atoms with Crippen LogP contribution in [0.4, 0.5) is 0 Å². The van der Waals surface area contributed by atoms with Crippen LogP contribution in [0.2, 0.25) is 5.02 Å². The zero-order chi connectivity index (χ0) is 16.7. The maximum absolute atomic E-state index is 6.38. The monoisotopic (exact) mass is 380 g/mol. The van der Waals surface area contributed by atoms with Gasteiger partial charge in [0.2, 0.25) is 0 Å². The number of hydrogen-bond donors (Lipinski definition) is 1. The Hall–Kier alpha value is -1.96. The van der Waals surface area contributed by atoms with Gasteiger partial charge in [-0.1, -0.05) is 46.9 Å². The van der Waals surface area contributed by atoms with E-state index >= 15 is 0 Å². The van der Waals surface area contributed by atoms with Crippen LogP contribution in [-0.2, 0) is 5.54 Å². The standard InChI is InChI=1S/C16H17ClN6O.ClH/c1-10-13(20-22-23(10)12-7-3-2-6-11(12)17)14-19-15(21-24-14)16(18)8-4-5-9-16;/h2-3,6-7H,4-5,8-9,18H2,1H3;1H. The largest absolute Gasteiger partial charge is 0.332 e. The van der Waals surface area contributed by atoms with Crippen molar-refractivity contribution in [3.63, 3.8) is 0 Å². The number of benzene rings is 1. The van der Waals surface area contributed by atoms with Crippen molar-refractivity contribution in [1.82, 2.24) is 25.1 Å². The van der Waals surface area contributed by atoms with Crippen LogP contribution in [0.3, 0.4) is 0 Å². The second kappa shape index (κ2) is 6.74. The highest BCUT2D eigenvalue weighted by Gasteiger charge is 2.36. The van der Waals surface area contributed by atoms with Gasteiger partial charge in [0.05, 0.1) is 21.9 Å². The van der Waals surface area contributed by atoms with Crippen LogP contribution < -0.4 is 5.73 Å². The molecule has 0 atom stereocenters. The van der Waals surface area contributed by atoms with E-state index in [1.54, 1.807) is 10.7 Å². The number of para-hydroxylation sites is 1. The first kappa shape index (κ1) is 17.8. The van der Waals surface area contributed by atoms with Gasteiger partial charge in [0.1, 0.15) is 0 Å². The minimum atomic E-state index is -0.492. The van der Waals surface area contributed by atoms with E-state index < -0.39 is 5.54 Å². The molecule has 0 unspecified atom stereocenters. The molecule has 3 aromatic rings. The first-order valence-corrected chi connectivity index (χ1v) is 8.27. The fourth-order valence-corrected chi connectivity index (χ4v) is 3.35. The van der Waals surface area contributed by atoms with Gasteiger partial charge in [-0.3, -0.25) is 0 Å². The smallest absolute Gasteiger partial charge is 0.280 e. The van der Waals surface area contributed by atoms with Gasteiger partial charge in [0.15, 0.2) is 11.5 Å². The van der Waals surface area contributed by atoms with Crippen molar-refractivity contribution in [2.75, 3.05) is 0 Å². The highest BCUT2D eigenvalue weighted by Crippen LogP contribution is 2.35. The lowest BCUT2D eigenvalue weighted by atomic mass is 9.99. The Morgan fingerprint density at radius 3 is 2.68 bits per heavy atom. The average molecular weight is 381 g/mol. The van der Waals surface area contributed by atoms with Crippen molar-refractivity contribution in [1.29, 1.82) is 0 Å². The molecule has 0 bridgehead atoms. The van der Waals surface area contributed by atoms with E-state index in [4.69, 9.17) is 21.9 Å². The molecule has 0 amide bonds. The van der Waals surface area contributed by atoms with Gasteiger partial charge in [-0.2, -0.15) is 4.98 Å². The summed E-state index contributed by atoms with van der Waals surface area (Å²) in [6.07, 6.45) is 3.92. The highest BCUT2D eigenvalue weighted by atomic mass is 35.5. The molecular weight excluding hydrogens is 363 g/mol. The normalized spacial score (nSPS) is 16.0. The lowest BCUT2D eigenvalue weighted by molar-refractivity contribution is 0.372. The van der Waals surface area contributed by atoms with E-state index in [0.29, 0.717) is 22.4 Å². The third kappa shape index (κ3) is 3.03.